The van der Waals surface area contributed by atoms with Gasteiger partial charge in [0.1, 0.15) is 0 Å². The lowest BCUT2D eigenvalue weighted by molar-refractivity contribution is -0.159. The number of hydrogen-bond donors (Lipinski definition) is 2. The third kappa shape index (κ3) is 6.12. The van der Waals surface area contributed by atoms with E-state index >= 15 is 0 Å². The highest BCUT2D eigenvalue weighted by molar-refractivity contribution is 7.99. The number of hydrogen-bond acceptors (Lipinski definition) is 4. The first-order valence-electron chi connectivity index (χ1n) is 8.86. The van der Waals surface area contributed by atoms with Gasteiger partial charge in [0.2, 0.25) is 0 Å². The van der Waals surface area contributed by atoms with Crippen LogP contribution in [0.25, 0.3) is 0 Å². The summed E-state index contributed by atoms with van der Waals surface area (Å²) in [7, 11) is 4.31. The van der Waals surface area contributed by atoms with Gasteiger partial charge in [-0.1, -0.05) is 54.6 Å². The fraction of sp³-hybridized carbons (Fsp3) is 0.333. The highest BCUT2D eigenvalue weighted by Crippen LogP contribution is 2.47. The molecule has 2 aromatic rings. The molecule has 5 nitrogen and oxygen atoms in total. The lowest BCUT2D eigenvalue weighted by Gasteiger charge is -2.28. The normalized spacial score (nSPS) is 12.6. The van der Waals surface area contributed by atoms with Crippen LogP contribution in [-0.2, 0) is 9.59 Å². The summed E-state index contributed by atoms with van der Waals surface area (Å²) in [5.74, 6) is -3.08. The van der Waals surface area contributed by atoms with E-state index in [9.17, 15) is 0 Å². The SMILES string of the molecule is CN(C)CCCCC1c2ccccc2Sc2ccccc21.O=C(O)C(=O)O. The Bertz CT molecular complexity index is 734. The molecule has 0 spiro atoms. The Morgan fingerprint density at radius 3 is 1.81 bits per heavy atom. The van der Waals surface area contributed by atoms with Crippen molar-refractivity contribution < 1.29 is 19.8 Å². The van der Waals surface area contributed by atoms with Gasteiger partial charge in [-0.25, -0.2) is 9.59 Å². The van der Waals surface area contributed by atoms with Crippen molar-refractivity contribution in [1.82, 2.24) is 4.90 Å². The number of carbonyl (C=O) groups is 2. The fourth-order valence-electron chi connectivity index (χ4n) is 3.10. The first-order valence-corrected chi connectivity index (χ1v) is 9.68. The van der Waals surface area contributed by atoms with Crippen molar-refractivity contribution in [1.29, 1.82) is 0 Å². The number of nitrogens with zero attached hydrogens (tertiary/aromatic N) is 1. The van der Waals surface area contributed by atoms with Crippen LogP contribution in [0.5, 0.6) is 0 Å². The standard InChI is InChI=1S/C19H23NS.C2H2O4/c1-20(2)14-8-7-9-15-16-10-3-5-12-18(16)21-19-13-6-4-11-17(15)19;3-1(4)2(5)6/h3-6,10-13,15H,7-9,14H2,1-2H3;(H,3,4)(H,5,6). The minimum Gasteiger partial charge on any atom is -0.473 e. The van der Waals surface area contributed by atoms with Crippen molar-refractivity contribution in [3.63, 3.8) is 0 Å². The summed E-state index contributed by atoms with van der Waals surface area (Å²) in [6.45, 7) is 1.19. The van der Waals surface area contributed by atoms with E-state index in [1.165, 1.54) is 46.7 Å². The van der Waals surface area contributed by atoms with Crippen molar-refractivity contribution in [3.05, 3.63) is 59.7 Å². The van der Waals surface area contributed by atoms with Crippen LogP contribution < -0.4 is 0 Å². The number of fused-ring (bicyclic) bond motifs is 2. The maximum absolute atomic E-state index is 9.10. The van der Waals surface area contributed by atoms with Crippen LogP contribution in [0.2, 0.25) is 0 Å². The molecule has 1 aliphatic rings. The van der Waals surface area contributed by atoms with Gasteiger partial charge in [-0.2, -0.15) is 0 Å². The van der Waals surface area contributed by atoms with Gasteiger partial charge < -0.3 is 15.1 Å². The maximum atomic E-state index is 9.10. The van der Waals surface area contributed by atoms with Gasteiger partial charge in [0.05, 0.1) is 0 Å². The minimum atomic E-state index is -1.82. The van der Waals surface area contributed by atoms with Crippen molar-refractivity contribution >= 4 is 23.7 Å². The Hall–Kier alpha value is -2.31. The number of rotatable bonds is 5. The number of benzene rings is 2. The molecule has 0 unspecified atom stereocenters. The highest BCUT2D eigenvalue weighted by atomic mass is 32.2. The summed E-state index contributed by atoms with van der Waals surface area (Å²) >= 11 is 1.92. The largest absolute Gasteiger partial charge is 0.473 e. The molecule has 3 rings (SSSR count). The molecule has 0 atom stereocenters. The van der Waals surface area contributed by atoms with Crippen LogP contribution >= 0.6 is 11.8 Å². The molecular formula is C21H25NO4S. The number of aliphatic carboxylic acids is 2. The summed E-state index contributed by atoms with van der Waals surface area (Å²) in [6, 6.07) is 17.8. The molecule has 0 fully saturated rings. The lowest BCUT2D eigenvalue weighted by atomic mass is 9.86. The summed E-state index contributed by atoms with van der Waals surface area (Å²) in [6.07, 6.45) is 3.82. The zero-order chi connectivity index (χ0) is 19.8. The quantitative estimate of drug-likeness (QED) is 0.592. The molecule has 0 aromatic heterocycles. The third-order valence-corrected chi connectivity index (χ3v) is 5.52. The van der Waals surface area contributed by atoms with Crippen molar-refractivity contribution in [2.75, 3.05) is 20.6 Å². The topological polar surface area (TPSA) is 77.8 Å². The Kier molecular flexibility index (Phi) is 7.88. The van der Waals surface area contributed by atoms with Gasteiger partial charge >= 0.3 is 11.9 Å². The van der Waals surface area contributed by atoms with Gasteiger partial charge in [-0.05, 0) is 56.7 Å². The number of unbranched alkanes of at least 4 members (excludes halogenated alkanes) is 1. The van der Waals surface area contributed by atoms with Gasteiger partial charge in [0, 0.05) is 15.7 Å². The number of carboxylic acid groups (broad SMARTS) is 2. The molecule has 2 aromatic carbocycles. The second-order valence-electron chi connectivity index (χ2n) is 6.64. The van der Waals surface area contributed by atoms with Gasteiger partial charge in [-0.15, -0.1) is 0 Å². The van der Waals surface area contributed by atoms with Crippen LogP contribution in [0.4, 0.5) is 0 Å². The fourth-order valence-corrected chi connectivity index (χ4v) is 4.28. The summed E-state index contributed by atoms with van der Waals surface area (Å²) < 4.78 is 0. The smallest absolute Gasteiger partial charge is 0.414 e. The molecule has 2 N–H and O–H groups in total. The average molecular weight is 388 g/mol. The second-order valence-corrected chi connectivity index (χ2v) is 7.72. The predicted molar refractivity (Wildman–Crippen MR) is 107 cm³/mol. The van der Waals surface area contributed by atoms with Crippen LogP contribution in [0, 0.1) is 0 Å². The third-order valence-electron chi connectivity index (χ3n) is 4.34. The Balaban J connectivity index is 0.000000380. The molecule has 6 heteroatoms. The van der Waals surface area contributed by atoms with E-state index in [1.54, 1.807) is 0 Å². The van der Waals surface area contributed by atoms with Crippen molar-refractivity contribution in [3.8, 4) is 0 Å². The molecule has 27 heavy (non-hydrogen) atoms. The average Bonchev–Trinajstić information content (AvgIpc) is 2.64. The zero-order valence-electron chi connectivity index (χ0n) is 15.6. The Morgan fingerprint density at radius 2 is 1.37 bits per heavy atom. The van der Waals surface area contributed by atoms with Gasteiger partial charge in [0.25, 0.3) is 0 Å². The molecule has 0 bridgehead atoms. The first-order chi connectivity index (χ1) is 12.9. The molecular weight excluding hydrogens is 362 g/mol. The number of carboxylic acids is 2. The van der Waals surface area contributed by atoms with Crippen LogP contribution in [0.1, 0.15) is 36.3 Å². The van der Waals surface area contributed by atoms with Crippen molar-refractivity contribution in [2.24, 2.45) is 0 Å². The highest BCUT2D eigenvalue weighted by Gasteiger charge is 2.25. The minimum absolute atomic E-state index is 0.570. The summed E-state index contributed by atoms with van der Waals surface area (Å²) in [5.41, 5.74) is 3.04. The maximum Gasteiger partial charge on any atom is 0.414 e. The molecule has 144 valence electrons. The van der Waals surface area contributed by atoms with Crippen LogP contribution in [-0.4, -0.2) is 47.7 Å². The molecule has 1 aliphatic heterocycles. The molecule has 1 heterocycles. The summed E-state index contributed by atoms with van der Waals surface area (Å²) in [5, 5.41) is 14.8. The van der Waals surface area contributed by atoms with E-state index in [4.69, 9.17) is 19.8 Å². The molecule has 0 radical (unpaired) electrons. The zero-order valence-corrected chi connectivity index (χ0v) is 16.4. The van der Waals surface area contributed by atoms with E-state index in [0.717, 1.165) is 0 Å². The molecule has 0 aliphatic carbocycles. The Morgan fingerprint density at radius 1 is 0.889 bits per heavy atom. The van der Waals surface area contributed by atoms with Crippen LogP contribution in [0.3, 0.4) is 0 Å². The Labute approximate surface area is 164 Å². The van der Waals surface area contributed by atoms with Crippen LogP contribution in [0.15, 0.2) is 58.3 Å². The van der Waals surface area contributed by atoms with Gasteiger partial charge in [-0.3, -0.25) is 0 Å². The van der Waals surface area contributed by atoms with E-state index in [-0.39, 0.29) is 0 Å². The molecule has 0 saturated heterocycles. The monoisotopic (exact) mass is 387 g/mol. The second kappa shape index (κ2) is 10.1. The van der Waals surface area contributed by atoms with Gasteiger partial charge in [0.15, 0.2) is 0 Å². The van der Waals surface area contributed by atoms with E-state index in [2.05, 4.69) is 67.5 Å². The molecule has 0 saturated carbocycles. The predicted octanol–water partition coefficient (Wildman–Crippen LogP) is 4.17. The lowest BCUT2D eigenvalue weighted by Crippen LogP contribution is -2.14. The van der Waals surface area contributed by atoms with Crippen molar-refractivity contribution in [2.45, 2.75) is 35.0 Å². The van der Waals surface area contributed by atoms with E-state index < -0.39 is 11.9 Å². The molecule has 0 amide bonds. The van der Waals surface area contributed by atoms with E-state index in [0.29, 0.717) is 5.92 Å². The van der Waals surface area contributed by atoms with E-state index in [1.807, 2.05) is 11.8 Å². The first kappa shape index (κ1) is 21.0. The summed E-state index contributed by atoms with van der Waals surface area (Å²) in [4.78, 5) is 23.4.